The number of hydrogen-bond donors (Lipinski definition) is 1. The lowest BCUT2D eigenvalue weighted by Crippen LogP contribution is -2.29. The van der Waals surface area contributed by atoms with Crippen LogP contribution in [0.4, 0.5) is 0 Å². The van der Waals surface area contributed by atoms with E-state index in [-0.39, 0.29) is 23.8 Å². The fourth-order valence-electron chi connectivity index (χ4n) is 1.83. The van der Waals surface area contributed by atoms with E-state index >= 15 is 0 Å². The van der Waals surface area contributed by atoms with E-state index in [1.54, 1.807) is 38.1 Å². The summed E-state index contributed by atoms with van der Waals surface area (Å²) >= 11 is 5.82. The number of hydrogen-bond acceptors (Lipinski definition) is 5. The number of aryl methyl sites for hydroxylation is 2. The molecule has 6 nitrogen and oxygen atoms in total. The Hall–Kier alpha value is -1.57. The highest BCUT2D eigenvalue weighted by Crippen LogP contribution is 2.19. The van der Waals surface area contributed by atoms with E-state index in [1.807, 2.05) is 0 Å². The Morgan fingerprint density at radius 3 is 2.76 bits per heavy atom. The minimum absolute atomic E-state index is 0.0743. The first-order valence-corrected chi connectivity index (χ1v) is 8.07. The third-order valence-corrected chi connectivity index (χ3v) is 4.64. The van der Waals surface area contributed by atoms with Crippen LogP contribution >= 0.6 is 11.6 Å². The summed E-state index contributed by atoms with van der Waals surface area (Å²) in [6.45, 7) is 3.44. The Morgan fingerprint density at radius 2 is 2.14 bits per heavy atom. The number of benzene rings is 1. The Kier molecular flexibility index (Phi) is 4.87. The second-order valence-electron chi connectivity index (χ2n) is 4.36. The summed E-state index contributed by atoms with van der Waals surface area (Å²) in [6, 6.07) is 6.89. The molecule has 1 aromatic carbocycles. The molecule has 0 radical (unpaired) electrons. The van der Waals surface area contributed by atoms with Crippen LogP contribution in [-0.4, -0.2) is 26.7 Å². The average Bonchev–Trinajstić information content (AvgIpc) is 2.75. The van der Waals surface area contributed by atoms with Gasteiger partial charge in [-0.1, -0.05) is 22.8 Å². The van der Waals surface area contributed by atoms with Gasteiger partial charge in [-0.15, -0.1) is 0 Å². The van der Waals surface area contributed by atoms with Crippen LogP contribution in [0, 0.1) is 13.8 Å². The van der Waals surface area contributed by atoms with Crippen LogP contribution in [0.2, 0.25) is 5.02 Å². The first kappa shape index (κ1) is 15.8. The first-order chi connectivity index (χ1) is 9.90. The summed E-state index contributed by atoms with van der Waals surface area (Å²) in [5.41, 5.74) is 0.329. The van der Waals surface area contributed by atoms with Crippen LogP contribution in [0.1, 0.15) is 11.5 Å². The molecule has 0 saturated heterocycles. The van der Waals surface area contributed by atoms with Gasteiger partial charge in [-0.2, -0.15) is 0 Å². The predicted molar refractivity (Wildman–Crippen MR) is 78.1 cm³/mol. The zero-order valence-corrected chi connectivity index (χ0v) is 13.2. The summed E-state index contributed by atoms with van der Waals surface area (Å²) in [4.78, 5) is 0.0743. The Labute approximate surface area is 128 Å². The van der Waals surface area contributed by atoms with E-state index < -0.39 is 10.0 Å². The molecule has 0 aliphatic heterocycles. The fourth-order valence-corrected chi connectivity index (χ4v) is 3.35. The van der Waals surface area contributed by atoms with Gasteiger partial charge in [0.1, 0.15) is 22.9 Å². The van der Waals surface area contributed by atoms with Crippen molar-refractivity contribution in [2.24, 2.45) is 0 Å². The van der Waals surface area contributed by atoms with Gasteiger partial charge in [0, 0.05) is 11.6 Å². The molecular formula is C13H15ClN2O4S. The minimum Gasteiger partial charge on any atom is -0.492 e. The molecule has 2 rings (SSSR count). The fraction of sp³-hybridized carbons (Fsp3) is 0.308. The van der Waals surface area contributed by atoms with Gasteiger partial charge in [-0.05, 0) is 32.0 Å². The highest BCUT2D eigenvalue weighted by Gasteiger charge is 2.23. The normalized spacial score (nSPS) is 11.6. The molecule has 1 aromatic heterocycles. The summed E-state index contributed by atoms with van der Waals surface area (Å²) in [5.74, 6) is 0.842. The van der Waals surface area contributed by atoms with Gasteiger partial charge in [0.25, 0.3) is 0 Å². The van der Waals surface area contributed by atoms with Crippen molar-refractivity contribution in [1.29, 1.82) is 0 Å². The van der Waals surface area contributed by atoms with Gasteiger partial charge in [0.05, 0.1) is 0 Å². The monoisotopic (exact) mass is 330 g/mol. The van der Waals surface area contributed by atoms with E-state index in [0.29, 0.717) is 16.5 Å². The largest absolute Gasteiger partial charge is 0.492 e. The summed E-state index contributed by atoms with van der Waals surface area (Å²) in [6.07, 6.45) is 0. The standard InChI is InChI=1S/C13H15ClN2O4S/c1-9-13(10(2)20-16-9)21(17,18)15-6-7-19-12-5-3-4-11(14)8-12/h3-5,8,15H,6-7H2,1-2H3. The van der Waals surface area contributed by atoms with Crippen LogP contribution < -0.4 is 9.46 Å². The summed E-state index contributed by atoms with van der Waals surface area (Å²) in [7, 11) is -3.65. The van der Waals surface area contributed by atoms with E-state index in [0.717, 1.165) is 0 Å². The highest BCUT2D eigenvalue weighted by molar-refractivity contribution is 7.89. The van der Waals surface area contributed by atoms with Crippen LogP contribution in [0.25, 0.3) is 0 Å². The van der Waals surface area contributed by atoms with Crippen molar-refractivity contribution in [2.45, 2.75) is 18.7 Å². The zero-order valence-electron chi connectivity index (χ0n) is 11.6. The molecule has 8 heteroatoms. The van der Waals surface area contributed by atoms with Crippen molar-refractivity contribution in [1.82, 2.24) is 9.88 Å². The van der Waals surface area contributed by atoms with Crippen molar-refractivity contribution in [3.63, 3.8) is 0 Å². The smallest absolute Gasteiger partial charge is 0.246 e. The zero-order chi connectivity index (χ0) is 15.5. The molecule has 0 bridgehead atoms. The lowest BCUT2D eigenvalue weighted by molar-refractivity contribution is 0.323. The van der Waals surface area contributed by atoms with Gasteiger partial charge in [-0.3, -0.25) is 0 Å². The first-order valence-electron chi connectivity index (χ1n) is 6.21. The second-order valence-corrected chi connectivity index (χ2v) is 6.50. The molecule has 0 aliphatic rings. The summed E-state index contributed by atoms with van der Waals surface area (Å²) in [5, 5.41) is 4.19. The van der Waals surface area contributed by atoms with Crippen LogP contribution in [-0.2, 0) is 10.0 Å². The van der Waals surface area contributed by atoms with Crippen molar-refractivity contribution in [3.05, 3.63) is 40.7 Å². The van der Waals surface area contributed by atoms with E-state index in [1.165, 1.54) is 0 Å². The number of nitrogens with zero attached hydrogens (tertiary/aromatic N) is 1. The molecule has 0 atom stereocenters. The quantitative estimate of drug-likeness (QED) is 0.822. The molecule has 0 fully saturated rings. The highest BCUT2D eigenvalue weighted by atomic mass is 35.5. The Morgan fingerprint density at radius 1 is 1.38 bits per heavy atom. The molecular weight excluding hydrogens is 316 g/mol. The summed E-state index contributed by atoms with van der Waals surface area (Å²) < 4.78 is 36.9. The number of halogens is 1. The molecule has 2 aromatic rings. The minimum atomic E-state index is -3.65. The van der Waals surface area contributed by atoms with Crippen molar-refractivity contribution >= 4 is 21.6 Å². The molecule has 1 heterocycles. The lowest BCUT2D eigenvalue weighted by atomic mass is 10.3. The number of nitrogens with one attached hydrogen (secondary N) is 1. The second kappa shape index (κ2) is 6.46. The maximum Gasteiger partial charge on any atom is 0.246 e. The molecule has 114 valence electrons. The van der Waals surface area contributed by atoms with Crippen molar-refractivity contribution < 1.29 is 17.7 Å². The van der Waals surface area contributed by atoms with Crippen LogP contribution in [0.15, 0.2) is 33.7 Å². The van der Waals surface area contributed by atoms with Gasteiger partial charge in [-0.25, -0.2) is 13.1 Å². The van der Waals surface area contributed by atoms with Gasteiger partial charge in [0.2, 0.25) is 10.0 Å². The maximum atomic E-state index is 12.1. The predicted octanol–water partition coefficient (Wildman–Crippen LogP) is 2.30. The molecule has 0 amide bonds. The molecule has 0 aliphatic carbocycles. The topological polar surface area (TPSA) is 81.4 Å². The molecule has 21 heavy (non-hydrogen) atoms. The number of aromatic nitrogens is 1. The van der Waals surface area contributed by atoms with Crippen LogP contribution in [0.3, 0.4) is 0 Å². The maximum absolute atomic E-state index is 12.1. The third kappa shape index (κ3) is 3.96. The number of rotatable bonds is 6. The SMILES string of the molecule is Cc1noc(C)c1S(=O)(=O)NCCOc1cccc(Cl)c1. The van der Waals surface area contributed by atoms with E-state index in [4.69, 9.17) is 20.9 Å². The molecule has 0 unspecified atom stereocenters. The third-order valence-electron chi connectivity index (χ3n) is 2.70. The van der Waals surface area contributed by atoms with Gasteiger partial charge < -0.3 is 9.26 Å². The average molecular weight is 331 g/mol. The Balaban J connectivity index is 1.91. The van der Waals surface area contributed by atoms with E-state index in [9.17, 15) is 8.42 Å². The van der Waals surface area contributed by atoms with E-state index in [2.05, 4.69) is 9.88 Å². The van der Waals surface area contributed by atoms with Gasteiger partial charge >= 0.3 is 0 Å². The molecule has 0 spiro atoms. The lowest BCUT2D eigenvalue weighted by Gasteiger charge is -2.08. The molecule has 0 saturated carbocycles. The van der Waals surface area contributed by atoms with Crippen LogP contribution in [0.5, 0.6) is 5.75 Å². The number of sulfonamides is 1. The van der Waals surface area contributed by atoms with Crippen molar-refractivity contribution in [2.75, 3.05) is 13.2 Å². The number of ether oxygens (including phenoxy) is 1. The molecule has 1 N–H and O–H groups in total. The van der Waals surface area contributed by atoms with Crippen molar-refractivity contribution in [3.8, 4) is 5.75 Å². The Bertz CT molecular complexity index is 708. The van der Waals surface area contributed by atoms with Gasteiger partial charge in [0.15, 0.2) is 5.76 Å².